The molecular formula is C12H23N3. The van der Waals surface area contributed by atoms with Gasteiger partial charge in [0, 0.05) is 31.2 Å². The summed E-state index contributed by atoms with van der Waals surface area (Å²) in [5.41, 5.74) is 0. The van der Waals surface area contributed by atoms with Gasteiger partial charge in [-0.2, -0.15) is 0 Å². The van der Waals surface area contributed by atoms with Crippen molar-refractivity contribution in [3.8, 4) is 0 Å². The summed E-state index contributed by atoms with van der Waals surface area (Å²) >= 11 is 0. The van der Waals surface area contributed by atoms with Gasteiger partial charge in [-0.15, -0.1) is 0 Å². The number of rotatable bonds is 2. The SMILES string of the molecule is CN(C1CCNC1)C1CCN2CCCC12. The maximum absolute atomic E-state index is 3.48. The van der Waals surface area contributed by atoms with Crippen molar-refractivity contribution in [1.29, 1.82) is 0 Å². The van der Waals surface area contributed by atoms with Crippen molar-refractivity contribution in [3.05, 3.63) is 0 Å². The molecule has 0 aliphatic carbocycles. The molecule has 0 spiro atoms. The number of nitrogens with zero attached hydrogens (tertiary/aromatic N) is 2. The minimum absolute atomic E-state index is 0.801. The van der Waals surface area contributed by atoms with E-state index in [0.717, 1.165) is 18.1 Å². The van der Waals surface area contributed by atoms with Gasteiger partial charge in [0.25, 0.3) is 0 Å². The van der Waals surface area contributed by atoms with Crippen LogP contribution in [-0.2, 0) is 0 Å². The van der Waals surface area contributed by atoms with Crippen LogP contribution in [0, 0.1) is 0 Å². The van der Waals surface area contributed by atoms with Crippen LogP contribution in [0.3, 0.4) is 0 Å². The van der Waals surface area contributed by atoms with E-state index >= 15 is 0 Å². The van der Waals surface area contributed by atoms with Gasteiger partial charge in [0.2, 0.25) is 0 Å². The van der Waals surface area contributed by atoms with E-state index in [2.05, 4.69) is 22.2 Å². The Labute approximate surface area is 92.8 Å². The lowest BCUT2D eigenvalue weighted by molar-refractivity contribution is 0.150. The molecule has 3 atom stereocenters. The summed E-state index contributed by atoms with van der Waals surface area (Å²) in [6.07, 6.45) is 5.62. The predicted octanol–water partition coefficient (Wildman–Crippen LogP) is 0.517. The Morgan fingerprint density at radius 3 is 2.93 bits per heavy atom. The van der Waals surface area contributed by atoms with Crippen LogP contribution >= 0.6 is 0 Å². The van der Waals surface area contributed by atoms with Crippen molar-refractivity contribution in [2.75, 3.05) is 33.2 Å². The average molecular weight is 209 g/mol. The summed E-state index contributed by atoms with van der Waals surface area (Å²) < 4.78 is 0. The molecule has 1 N–H and O–H groups in total. The first-order valence-electron chi connectivity index (χ1n) is 6.53. The highest BCUT2D eigenvalue weighted by atomic mass is 15.3. The quantitative estimate of drug-likeness (QED) is 0.715. The zero-order valence-electron chi connectivity index (χ0n) is 9.78. The summed E-state index contributed by atoms with van der Waals surface area (Å²) in [5, 5.41) is 3.48. The van der Waals surface area contributed by atoms with Gasteiger partial charge >= 0.3 is 0 Å². The van der Waals surface area contributed by atoms with Crippen LogP contribution in [0.1, 0.15) is 25.7 Å². The first kappa shape index (κ1) is 10.1. The van der Waals surface area contributed by atoms with Gasteiger partial charge in [-0.1, -0.05) is 0 Å². The van der Waals surface area contributed by atoms with Crippen LogP contribution < -0.4 is 5.32 Å². The first-order chi connectivity index (χ1) is 7.36. The van der Waals surface area contributed by atoms with E-state index in [0.29, 0.717) is 0 Å². The Balaban J connectivity index is 1.65. The third kappa shape index (κ3) is 1.71. The van der Waals surface area contributed by atoms with Crippen LogP contribution in [-0.4, -0.2) is 61.2 Å². The Morgan fingerprint density at radius 2 is 2.13 bits per heavy atom. The van der Waals surface area contributed by atoms with Gasteiger partial charge in [0.05, 0.1) is 0 Å². The van der Waals surface area contributed by atoms with Crippen LogP contribution in [0.15, 0.2) is 0 Å². The average Bonchev–Trinajstić information content (AvgIpc) is 2.94. The fourth-order valence-corrected chi connectivity index (χ4v) is 3.79. The second-order valence-corrected chi connectivity index (χ2v) is 5.41. The molecule has 0 saturated carbocycles. The van der Waals surface area contributed by atoms with E-state index < -0.39 is 0 Å². The zero-order valence-corrected chi connectivity index (χ0v) is 9.78. The van der Waals surface area contributed by atoms with Gasteiger partial charge < -0.3 is 5.32 Å². The molecule has 3 rings (SSSR count). The maximum atomic E-state index is 3.48. The van der Waals surface area contributed by atoms with Gasteiger partial charge in [0.15, 0.2) is 0 Å². The Hall–Kier alpha value is -0.120. The molecule has 3 heterocycles. The molecule has 0 aromatic carbocycles. The third-order valence-electron chi connectivity index (χ3n) is 4.70. The van der Waals surface area contributed by atoms with E-state index in [9.17, 15) is 0 Å². The highest BCUT2D eigenvalue weighted by Gasteiger charge is 2.40. The van der Waals surface area contributed by atoms with Crippen LogP contribution in [0.25, 0.3) is 0 Å². The number of likely N-dealkylation sites (N-methyl/N-ethyl adjacent to an activating group) is 1. The molecule has 0 bridgehead atoms. The lowest BCUT2D eigenvalue weighted by Gasteiger charge is -2.33. The highest BCUT2D eigenvalue weighted by Crippen LogP contribution is 2.32. The number of fused-ring (bicyclic) bond motifs is 1. The van der Waals surface area contributed by atoms with E-state index in [4.69, 9.17) is 0 Å². The van der Waals surface area contributed by atoms with Gasteiger partial charge in [-0.25, -0.2) is 0 Å². The molecule has 3 fully saturated rings. The fourth-order valence-electron chi connectivity index (χ4n) is 3.79. The predicted molar refractivity (Wildman–Crippen MR) is 62.0 cm³/mol. The lowest BCUT2D eigenvalue weighted by atomic mass is 10.0. The largest absolute Gasteiger partial charge is 0.315 e. The molecule has 3 saturated heterocycles. The van der Waals surface area contributed by atoms with Crippen molar-refractivity contribution < 1.29 is 0 Å². The second-order valence-electron chi connectivity index (χ2n) is 5.41. The molecule has 0 aromatic heterocycles. The fraction of sp³-hybridized carbons (Fsp3) is 1.00. The molecule has 86 valence electrons. The molecular weight excluding hydrogens is 186 g/mol. The van der Waals surface area contributed by atoms with E-state index in [-0.39, 0.29) is 0 Å². The smallest absolute Gasteiger partial charge is 0.0264 e. The summed E-state index contributed by atoms with van der Waals surface area (Å²) in [5.74, 6) is 0. The van der Waals surface area contributed by atoms with Gasteiger partial charge in [0.1, 0.15) is 0 Å². The van der Waals surface area contributed by atoms with Crippen molar-refractivity contribution in [2.24, 2.45) is 0 Å². The molecule has 0 radical (unpaired) electrons. The first-order valence-corrected chi connectivity index (χ1v) is 6.53. The molecule has 3 aliphatic rings. The van der Waals surface area contributed by atoms with Crippen LogP contribution in [0.4, 0.5) is 0 Å². The van der Waals surface area contributed by atoms with Crippen molar-refractivity contribution in [3.63, 3.8) is 0 Å². The minimum Gasteiger partial charge on any atom is -0.315 e. The molecule has 3 aliphatic heterocycles. The standard InChI is InChI=1S/C12H23N3/c1-14(10-4-6-13-9-10)11-5-8-15-7-2-3-12(11)15/h10-13H,2-9H2,1H3. The van der Waals surface area contributed by atoms with E-state index in [1.54, 1.807) is 0 Å². The zero-order chi connectivity index (χ0) is 10.3. The molecule has 3 nitrogen and oxygen atoms in total. The van der Waals surface area contributed by atoms with Gasteiger partial charge in [-0.05, 0) is 45.8 Å². The Bertz CT molecular complexity index is 225. The van der Waals surface area contributed by atoms with Crippen LogP contribution in [0.5, 0.6) is 0 Å². The topological polar surface area (TPSA) is 18.5 Å². The summed E-state index contributed by atoms with van der Waals surface area (Å²) in [6.45, 7) is 5.13. The molecule has 0 amide bonds. The van der Waals surface area contributed by atoms with E-state index in [1.165, 1.54) is 51.9 Å². The summed E-state index contributed by atoms with van der Waals surface area (Å²) in [7, 11) is 2.35. The highest BCUT2D eigenvalue weighted by molar-refractivity contribution is 4.98. The monoisotopic (exact) mass is 209 g/mol. The normalized spacial score (nSPS) is 41.6. The van der Waals surface area contributed by atoms with Crippen molar-refractivity contribution in [2.45, 2.75) is 43.8 Å². The van der Waals surface area contributed by atoms with Crippen molar-refractivity contribution >= 4 is 0 Å². The second kappa shape index (κ2) is 4.04. The van der Waals surface area contributed by atoms with Gasteiger partial charge in [-0.3, -0.25) is 9.80 Å². The number of hydrogen-bond donors (Lipinski definition) is 1. The summed E-state index contributed by atoms with van der Waals surface area (Å²) in [4.78, 5) is 5.39. The number of nitrogens with one attached hydrogen (secondary N) is 1. The Morgan fingerprint density at radius 1 is 1.20 bits per heavy atom. The summed E-state index contributed by atoms with van der Waals surface area (Å²) in [6, 6.07) is 2.53. The maximum Gasteiger partial charge on any atom is 0.0264 e. The molecule has 0 aromatic rings. The minimum atomic E-state index is 0.801. The van der Waals surface area contributed by atoms with E-state index in [1.807, 2.05) is 0 Å². The third-order valence-corrected chi connectivity index (χ3v) is 4.70. The van der Waals surface area contributed by atoms with Crippen LogP contribution in [0.2, 0.25) is 0 Å². The molecule has 15 heavy (non-hydrogen) atoms. The lowest BCUT2D eigenvalue weighted by Crippen LogP contribution is -2.46. The number of hydrogen-bond acceptors (Lipinski definition) is 3. The molecule has 3 unspecified atom stereocenters. The Kier molecular flexibility index (Phi) is 2.71. The molecule has 3 heteroatoms. The van der Waals surface area contributed by atoms with Crippen molar-refractivity contribution in [1.82, 2.24) is 15.1 Å².